The van der Waals surface area contributed by atoms with E-state index in [4.69, 9.17) is 16.3 Å². The van der Waals surface area contributed by atoms with E-state index in [-0.39, 0.29) is 5.82 Å². The summed E-state index contributed by atoms with van der Waals surface area (Å²) in [4.78, 5) is 4.56. The maximum absolute atomic E-state index is 13.5. The Balaban J connectivity index is 1.88. The van der Waals surface area contributed by atoms with E-state index < -0.39 is 0 Å². The number of rotatable bonds is 5. The van der Waals surface area contributed by atoms with Crippen molar-refractivity contribution in [3.05, 3.63) is 29.8 Å². The van der Waals surface area contributed by atoms with E-state index in [0.29, 0.717) is 18.4 Å². The lowest BCUT2D eigenvalue weighted by molar-refractivity contribution is 0.100. The number of halogens is 2. The zero-order valence-corrected chi connectivity index (χ0v) is 12.1. The monoisotopic (exact) mass is 296 g/mol. The first-order chi connectivity index (χ1) is 9.78. The molecule has 0 amide bonds. The molecule has 0 N–H and O–H groups in total. The van der Waals surface area contributed by atoms with Crippen LogP contribution >= 0.6 is 11.6 Å². The van der Waals surface area contributed by atoms with Gasteiger partial charge in [-0.3, -0.25) is 0 Å². The lowest BCUT2D eigenvalue weighted by atomic mass is 10.2. The van der Waals surface area contributed by atoms with Gasteiger partial charge in [-0.05, 0) is 37.5 Å². The summed E-state index contributed by atoms with van der Waals surface area (Å²) in [5.41, 5.74) is 1.68. The molecule has 3 nitrogen and oxygen atoms in total. The zero-order valence-electron chi connectivity index (χ0n) is 11.3. The number of fused-ring (bicyclic) bond motifs is 1. The molecule has 0 spiro atoms. The van der Waals surface area contributed by atoms with E-state index in [0.717, 1.165) is 49.3 Å². The van der Waals surface area contributed by atoms with E-state index in [1.165, 1.54) is 6.07 Å². The van der Waals surface area contributed by atoms with Crippen molar-refractivity contribution in [1.82, 2.24) is 9.55 Å². The van der Waals surface area contributed by atoms with Crippen molar-refractivity contribution in [3.8, 4) is 0 Å². The quantitative estimate of drug-likeness (QED) is 0.789. The van der Waals surface area contributed by atoms with Gasteiger partial charge in [0.05, 0.1) is 17.1 Å². The Hall–Kier alpha value is -1.13. The van der Waals surface area contributed by atoms with Crippen molar-refractivity contribution in [2.75, 3.05) is 12.5 Å². The fourth-order valence-electron chi connectivity index (χ4n) is 2.82. The summed E-state index contributed by atoms with van der Waals surface area (Å²) in [7, 11) is 0. The highest BCUT2D eigenvalue weighted by Gasteiger charge is 2.17. The summed E-state index contributed by atoms with van der Waals surface area (Å²) in [6.07, 6.45) is 4.22. The molecule has 2 aromatic rings. The maximum Gasteiger partial charge on any atom is 0.125 e. The van der Waals surface area contributed by atoms with E-state index in [2.05, 4.69) is 9.55 Å². The Morgan fingerprint density at radius 2 is 2.35 bits per heavy atom. The predicted octanol–water partition coefficient (Wildman–Crippen LogP) is 3.53. The van der Waals surface area contributed by atoms with Gasteiger partial charge >= 0.3 is 0 Å². The Morgan fingerprint density at radius 1 is 1.45 bits per heavy atom. The zero-order chi connectivity index (χ0) is 13.9. The van der Waals surface area contributed by atoms with Crippen molar-refractivity contribution in [2.45, 2.75) is 38.3 Å². The molecule has 1 atom stereocenters. The second-order valence-corrected chi connectivity index (χ2v) is 5.55. The predicted molar refractivity (Wildman–Crippen MR) is 77.7 cm³/mol. The van der Waals surface area contributed by atoms with Gasteiger partial charge in [0.25, 0.3) is 0 Å². The number of nitrogens with zero attached hydrogens (tertiary/aromatic N) is 2. The van der Waals surface area contributed by atoms with Crippen LogP contribution in [-0.4, -0.2) is 28.1 Å². The molecule has 0 radical (unpaired) electrons. The molecule has 2 heterocycles. The van der Waals surface area contributed by atoms with Crippen LogP contribution in [0.1, 0.15) is 25.1 Å². The van der Waals surface area contributed by atoms with E-state index in [1.807, 2.05) is 0 Å². The van der Waals surface area contributed by atoms with Crippen molar-refractivity contribution >= 4 is 22.6 Å². The number of ether oxygens (including phenoxy) is 1. The topological polar surface area (TPSA) is 27.1 Å². The van der Waals surface area contributed by atoms with E-state index in [9.17, 15) is 4.39 Å². The van der Waals surface area contributed by atoms with Gasteiger partial charge in [0.15, 0.2) is 0 Å². The van der Waals surface area contributed by atoms with Crippen LogP contribution in [0.4, 0.5) is 4.39 Å². The van der Waals surface area contributed by atoms with Gasteiger partial charge in [-0.2, -0.15) is 0 Å². The standard InChI is InChI=1S/C15H18ClFN2O/c16-7-5-15-18-13-4-3-11(17)10-14(13)19(15)8-6-12-2-1-9-20-12/h3-4,10,12H,1-2,5-9H2. The van der Waals surface area contributed by atoms with Crippen LogP contribution in [0.5, 0.6) is 0 Å². The second kappa shape index (κ2) is 6.10. The highest BCUT2D eigenvalue weighted by molar-refractivity contribution is 6.17. The minimum atomic E-state index is -0.229. The van der Waals surface area contributed by atoms with Gasteiger partial charge in [0, 0.05) is 25.5 Å². The SMILES string of the molecule is Fc1ccc2nc(CCCl)n(CCC3CCCO3)c2c1. The van der Waals surface area contributed by atoms with Crippen molar-refractivity contribution in [3.63, 3.8) is 0 Å². The third kappa shape index (κ3) is 2.81. The van der Waals surface area contributed by atoms with Crippen molar-refractivity contribution in [2.24, 2.45) is 0 Å². The number of hydrogen-bond donors (Lipinski definition) is 0. The Bertz CT molecular complexity index is 593. The lowest BCUT2D eigenvalue weighted by Crippen LogP contribution is -2.12. The number of aryl methyl sites for hydroxylation is 2. The van der Waals surface area contributed by atoms with Crippen LogP contribution in [0.3, 0.4) is 0 Å². The Kier molecular flexibility index (Phi) is 4.22. The lowest BCUT2D eigenvalue weighted by Gasteiger charge is -2.12. The summed E-state index contributed by atoms with van der Waals surface area (Å²) in [6, 6.07) is 4.73. The van der Waals surface area contributed by atoms with Crippen LogP contribution < -0.4 is 0 Å². The summed E-state index contributed by atoms with van der Waals surface area (Å²) >= 11 is 5.84. The molecule has 3 rings (SSSR count). The molecule has 1 fully saturated rings. The van der Waals surface area contributed by atoms with E-state index in [1.54, 1.807) is 12.1 Å². The minimum Gasteiger partial charge on any atom is -0.378 e. The number of imidazole rings is 1. The van der Waals surface area contributed by atoms with E-state index >= 15 is 0 Å². The van der Waals surface area contributed by atoms with Crippen LogP contribution in [0.2, 0.25) is 0 Å². The fourth-order valence-corrected chi connectivity index (χ4v) is 2.98. The molecule has 1 aliphatic rings. The van der Waals surface area contributed by atoms with Crippen molar-refractivity contribution < 1.29 is 9.13 Å². The fraction of sp³-hybridized carbons (Fsp3) is 0.533. The third-order valence-corrected chi connectivity index (χ3v) is 4.00. The number of benzene rings is 1. The van der Waals surface area contributed by atoms with Crippen LogP contribution in [0, 0.1) is 5.82 Å². The first kappa shape index (κ1) is 13.8. The van der Waals surface area contributed by atoms with Crippen LogP contribution in [0.15, 0.2) is 18.2 Å². The smallest absolute Gasteiger partial charge is 0.125 e. The molecule has 0 aliphatic carbocycles. The van der Waals surface area contributed by atoms with Gasteiger partial charge in [-0.25, -0.2) is 9.37 Å². The highest BCUT2D eigenvalue weighted by atomic mass is 35.5. The Morgan fingerprint density at radius 3 is 3.10 bits per heavy atom. The minimum absolute atomic E-state index is 0.229. The molecule has 0 saturated carbocycles. The van der Waals surface area contributed by atoms with Crippen LogP contribution in [-0.2, 0) is 17.7 Å². The maximum atomic E-state index is 13.5. The van der Waals surface area contributed by atoms with Gasteiger partial charge in [0.1, 0.15) is 11.6 Å². The van der Waals surface area contributed by atoms with Gasteiger partial charge in [-0.15, -0.1) is 11.6 Å². The molecule has 20 heavy (non-hydrogen) atoms. The van der Waals surface area contributed by atoms with Crippen molar-refractivity contribution in [1.29, 1.82) is 0 Å². The largest absolute Gasteiger partial charge is 0.378 e. The average molecular weight is 297 g/mol. The number of hydrogen-bond acceptors (Lipinski definition) is 2. The number of aromatic nitrogens is 2. The van der Waals surface area contributed by atoms with Gasteiger partial charge < -0.3 is 9.30 Å². The van der Waals surface area contributed by atoms with Crippen LogP contribution in [0.25, 0.3) is 11.0 Å². The van der Waals surface area contributed by atoms with Gasteiger partial charge in [0.2, 0.25) is 0 Å². The molecule has 1 saturated heterocycles. The number of alkyl halides is 1. The first-order valence-corrected chi connectivity index (χ1v) is 7.63. The summed E-state index contributed by atoms with van der Waals surface area (Å²) < 4.78 is 21.2. The molecule has 108 valence electrons. The summed E-state index contributed by atoms with van der Waals surface area (Å²) in [5.74, 6) is 1.22. The molecular weight excluding hydrogens is 279 g/mol. The molecular formula is C15H18ClFN2O. The Labute approximate surface area is 122 Å². The molecule has 1 aliphatic heterocycles. The summed E-state index contributed by atoms with van der Waals surface area (Å²) in [6.45, 7) is 1.66. The third-order valence-electron chi connectivity index (χ3n) is 3.81. The highest BCUT2D eigenvalue weighted by Crippen LogP contribution is 2.21. The first-order valence-electron chi connectivity index (χ1n) is 7.10. The molecule has 5 heteroatoms. The van der Waals surface area contributed by atoms with Gasteiger partial charge in [-0.1, -0.05) is 0 Å². The summed E-state index contributed by atoms with van der Waals surface area (Å²) in [5, 5.41) is 0. The second-order valence-electron chi connectivity index (χ2n) is 5.18. The average Bonchev–Trinajstić information content (AvgIpc) is 3.04. The molecule has 1 aromatic carbocycles. The normalized spacial score (nSPS) is 19.0. The molecule has 1 aromatic heterocycles. The molecule has 1 unspecified atom stereocenters. The molecule has 0 bridgehead atoms.